The van der Waals surface area contributed by atoms with E-state index in [1.165, 1.54) is 0 Å². The molecule has 0 unspecified atom stereocenters. The molecule has 2 aromatic rings. The number of nitrogens with two attached hydrogens (primary N) is 1. The Kier molecular flexibility index (Phi) is 3.67. The van der Waals surface area contributed by atoms with Crippen LogP contribution in [0.4, 0.5) is 11.4 Å². The number of aromatic nitrogens is 1. The van der Waals surface area contributed by atoms with Gasteiger partial charge in [-0.15, -0.1) is 0 Å². The minimum Gasteiger partial charge on any atom is -0.399 e. The van der Waals surface area contributed by atoms with Gasteiger partial charge in [-0.3, -0.25) is 4.98 Å². The van der Waals surface area contributed by atoms with E-state index in [4.69, 9.17) is 5.73 Å². The van der Waals surface area contributed by atoms with Crippen molar-refractivity contribution in [2.75, 3.05) is 23.8 Å². The number of pyridine rings is 1. The molecule has 0 aliphatic carbocycles. The van der Waals surface area contributed by atoms with Crippen LogP contribution in [0.2, 0.25) is 0 Å². The van der Waals surface area contributed by atoms with E-state index in [1.807, 2.05) is 24.3 Å². The fourth-order valence-electron chi connectivity index (χ4n) is 2.17. The molecule has 0 radical (unpaired) electrons. The molecule has 0 aliphatic rings. The summed E-state index contributed by atoms with van der Waals surface area (Å²) in [5, 5.41) is 10.2. The minimum atomic E-state index is 0.136. The lowest BCUT2D eigenvalue weighted by Gasteiger charge is -2.29. The standard InChI is InChI=1S/C14H19N3O/c1-10(2)17(7-8-18)14-5-6-16-13-9-11(15)3-4-12(13)14/h3-6,9-10,18H,7-8,15H2,1-2H3. The van der Waals surface area contributed by atoms with Crippen LogP contribution in [0.1, 0.15) is 13.8 Å². The average Bonchev–Trinajstić information content (AvgIpc) is 2.34. The summed E-state index contributed by atoms with van der Waals surface area (Å²) in [7, 11) is 0. The summed E-state index contributed by atoms with van der Waals surface area (Å²) >= 11 is 0. The molecule has 96 valence electrons. The van der Waals surface area contributed by atoms with Gasteiger partial charge in [0.25, 0.3) is 0 Å². The molecule has 0 spiro atoms. The molecule has 0 saturated carbocycles. The number of fused-ring (bicyclic) bond motifs is 1. The molecule has 4 nitrogen and oxygen atoms in total. The monoisotopic (exact) mass is 245 g/mol. The first-order chi connectivity index (χ1) is 8.63. The Hall–Kier alpha value is -1.81. The summed E-state index contributed by atoms with van der Waals surface area (Å²) in [6.45, 7) is 4.97. The van der Waals surface area contributed by atoms with Gasteiger partial charge in [0.2, 0.25) is 0 Å². The molecule has 1 heterocycles. The topological polar surface area (TPSA) is 62.4 Å². The van der Waals surface area contributed by atoms with Gasteiger partial charge >= 0.3 is 0 Å². The zero-order valence-corrected chi connectivity index (χ0v) is 10.8. The molecule has 0 fully saturated rings. The normalized spacial score (nSPS) is 11.1. The zero-order chi connectivity index (χ0) is 13.1. The van der Waals surface area contributed by atoms with Gasteiger partial charge in [0, 0.05) is 35.5 Å². The first-order valence-electron chi connectivity index (χ1n) is 6.15. The van der Waals surface area contributed by atoms with Crippen molar-refractivity contribution < 1.29 is 5.11 Å². The SMILES string of the molecule is CC(C)N(CCO)c1ccnc2cc(N)ccc12. The minimum absolute atomic E-state index is 0.136. The smallest absolute Gasteiger partial charge is 0.0743 e. The van der Waals surface area contributed by atoms with Gasteiger partial charge in [-0.1, -0.05) is 0 Å². The summed E-state index contributed by atoms with van der Waals surface area (Å²) < 4.78 is 0. The number of nitrogens with zero attached hydrogens (tertiary/aromatic N) is 2. The largest absolute Gasteiger partial charge is 0.399 e. The van der Waals surface area contributed by atoms with Crippen molar-refractivity contribution in [3.63, 3.8) is 0 Å². The molecule has 0 saturated heterocycles. The van der Waals surface area contributed by atoms with E-state index in [0.29, 0.717) is 18.3 Å². The van der Waals surface area contributed by atoms with Gasteiger partial charge < -0.3 is 15.7 Å². The number of aliphatic hydroxyl groups is 1. The highest BCUT2D eigenvalue weighted by atomic mass is 16.3. The Labute approximate surface area is 107 Å². The number of hydrogen-bond donors (Lipinski definition) is 2. The van der Waals surface area contributed by atoms with E-state index in [1.54, 1.807) is 6.20 Å². The van der Waals surface area contributed by atoms with Crippen LogP contribution in [-0.4, -0.2) is 29.3 Å². The number of hydrogen-bond acceptors (Lipinski definition) is 4. The molecule has 1 aromatic carbocycles. The maximum atomic E-state index is 9.19. The predicted octanol–water partition coefficient (Wildman–Crippen LogP) is 2.02. The van der Waals surface area contributed by atoms with Crippen LogP contribution in [0.5, 0.6) is 0 Å². The summed E-state index contributed by atoms with van der Waals surface area (Å²) in [4.78, 5) is 6.50. The third-order valence-corrected chi connectivity index (χ3v) is 3.02. The number of aliphatic hydroxyl groups excluding tert-OH is 1. The highest BCUT2D eigenvalue weighted by Gasteiger charge is 2.13. The Morgan fingerprint density at radius 3 is 2.78 bits per heavy atom. The molecule has 3 N–H and O–H groups in total. The lowest BCUT2D eigenvalue weighted by molar-refractivity contribution is 0.299. The van der Waals surface area contributed by atoms with Crippen molar-refractivity contribution in [2.45, 2.75) is 19.9 Å². The van der Waals surface area contributed by atoms with Gasteiger partial charge in [-0.25, -0.2) is 0 Å². The van der Waals surface area contributed by atoms with E-state index < -0.39 is 0 Å². The third kappa shape index (κ3) is 2.38. The van der Waals surface area contributed by atoms with Crippen molar-refractivity contribution in [3.8, 4) is 0 Å². The number of nitrogen functional groups attached to an aromatic ring is 1. The fourth-order valence-corrected chi connectivity index (χ4v) is 2.17. The van der Waals surface area contributed by atoms with Crippen molar-refractivity contribution in [1.82, 2.24) is 4.98 Å². The van der Waals surface area contributed by atoms with Gasteiger partial charge in [-0.2, -0.15) is 0 Å². The highest BCUT2D eigenvalue weighted by molar-refractivity contribution is 5.93. The van der Waals surface area contributed by atoms with Crippen molar-refractivity contribution in [2.24, 2.45) is 0 Å². The predicted molar refractivity (Wildman–Crippen MR) is 75.7 cm³/mol. The van der Waals surface area contributed by atoms with E-state index >= 15 is 0 Å². The molecule has 1 aromatic heterocycles. The van der Waals surface area contributed by atoms with Gasteiger partial charge in [-0.05, 0) is 38.1 Å². The first kappa shape index (κ1) is 12.6. The molecule has 18 heavy (non-hydrogen) atoms. The molecule has 0 atom stereocenters. The van der Waals surface area contributed by atoms with E-state index in [0.717, 1.165) is 16.6 Å². The molecular weight excluding hydrogens is 226 g/mol. The Bertz CT molecular complexity index is 540. The summed E-state index contributed by atoms with van der Waals surface area (Å²) in [5.41, 5.74) is 8.46. The maximum absolute atomic E-state index is 9.19. The number of anilines is 2. The van der Waals surface area contributed by atoms with Crippen LogP contribution < -0.4 is 10.6 Å². The molecular formula is C14H19N3O. The van der Waals surface area contributed by atoms with Crippen LogP contribution in [0.15, 0.2) is 30.5 Å². The molecule has 4 heteroatoms. The van der Waals surface area contributed by atoms with Crippen LogP contribution in [-0.2, 0) is 0 Å². The van der Waals surface area contributed by atoms with E-state index in [2.05, 4.69) is 23.7 Å². The third-order valence-electron chi connectivity index (χ3n) is 3.02. The maximum Gasteiger partial charge on any atom is 0.0743 e. The second-order valence-electron chi connectivity index (χ2n) is 4.62. The Balaban J connectivity index is 2.55. The molecule has 0 aliphatic heterocycles. The first-order valence-corrected chi connectivity index (χ1v) is 6.15. The van der Waals surface area contributed by atoms with Crippen LogP contribution >= 0.6 is 0 Å². The van der Waals surface area contributed by atoms with Crippen LogP contribution in [0.25, 0.3) is 10.9 Å². The summed E-state index contributed by atoms with van der Waals surface area (Å²) in [5.74, 6) is 0. The lowest BCUT2D eigenvalue weighted by atomic mass is 10.1. The summed E-state index contributed by atoms with van der Waals surface area (Å²) in [6, 6.07) is 8.04. The number of benzene rings is 1. The fraction of sp³-hybridized carbons (Fsp3) is 0.357. The average molecular weight is 245 g/mol. The van der Waals surface area contributed by atoms with Crippen molar-refractivity contribution in [3.05, 3.63) is 30.5 Å². The van der Waals surface area contributed by atoms with Crippen molar-refractivity contribution >= 4 is 22.3 Å². The van der Waals surface area contributed by atoms with Gasteiger partial charge in [0.15, 0.2) is 0 Å². The zero-order valence-electron chi connectivity index (χ0n) is 10.8. The Morgan fingerprint density at radius 1 is 1.33 bits per heavy atom. The quantitative estimate of drug-likeness (QED) is 0.809. The number of rotatable bonds is 4. The van der Waals surface area contributed by atoms with E-state index in [9.17, 15) is 5.11 Å². The van der Waals surface area contributed by atoms with Crippen molar-refractivity contribution in [1.29, 1.82) is 0 Å². The second-order valence-corrected chi connectivity index (χ2v) is 4.62. The van der Waals surface area contributed by atoms with Crippen LogP contribution in [0, 0.1) is 0 Å². The van der Waals surface area contributed by atoms with Gasteiger partial charge in [0.1, 0.15) is 0 Å². The lowest BCUT2D eigenvalue weighted by Crippen LogP contribution is -2.33. The Morgan fingerprint density at radius 2 is 2.11 bits per heavy atom. The molecule has 0 bridgehead atoms. The highest BCUT2D eigenvalue weighted by Crippen LogP contribution is 2.27. The molecule has 0 amide bonds. The van der Waals surface area contributed by atoms with Gasteiger partial charge in [0.05, 0.1) is 12.1 Å². The summed E-state index contributed by atoms with van der Waals surface area (Å²) in [6.07, 6.45) is 1.78. The van der Waals surface area contributed by atoms with Crippen LogP contribution in [0.3, 0.4) is 0 Å². The van der Waals surface area contributed by atoms with E-state index in [-0.39, 0.29) is 6.61 Å². The second kappa shape index (κ2) is 5.23. The molecule has 2 rings (SSSR count).